The number of sulfonamides is 1. The van der Waals surface area contributed by atoms with E-state index in [9.17, 15) is 17.2 Å². The van der Waals surface area contributed by atoms with E-state index in [1.54, 1.807) is 6.26 Å². The monoisotopic (exact) mass is 306 g/mol. The molecule has 0 bridgehead atoms. The summed E-state index contributed by atoms with van der Waals surface area (Å²) in [5.41, 5.74) is 0. The number of benzene rings is 1. The minimum absolute atomic E-state index is 0.216. The topological polar surface area (TPSA) is 87.7 Å². The molecule has 10 heteroatoms. The average Bonchev–Trinajstić information content (AvgIpc) is 2.75. The molecule has 0 fully saturated rings. The van der Waals surface area contributed by atoms with Crippen LogP contribution in [0.3, 0.4) is 0 Å². The molecule has 0 unspecified atom stereocenters. The molecule has 19 heavy (non-hydrogen) atoms. The summed E-state index contributed by atoms with van der Waals surface area (Å²) in [5, 5.41) is 6.27. The molecule has 2 N–H and O–H groups in total. The quantitative estimate of drug-likeness (QED) is 0.838. The number of halogens is 2. The highest BCUT2D eigenvalue weighted by molar-refractivity contribution is 7.98. The molecule has 0 atom stereocenters. The highest BCUT2D eigenvalue weighted by Gasteiger charge is 2.24. The fourth-order valence-corrected chi connectivity index (χ4v) is 2.72. The molecule has 2 rings (SSSR count). The first kappa shape index (κ1) is 13.7. The first-order chi connectivity index (χ1) is 8.94. The van der Waals surface area contributed by atoms with Crippen LogP contribution in [0.25, 0.3) is 0 Å². The zero-order valence-electron chi connectivity index (χ0n) is 9.52. The van der Waals surface area contributed by atoms with Crippen LogP contribution in [0, 0.1) is 11.6 Å². The van der Waals surface area contributed by atoms with E-state index >= 15 is 0 Å². The average molecular weight is 306 g/mol. The van der Waals surface area contributed by atoms with Gasteiger partial charge in [-0.05, 0) is 18.4 Å². The van der Waals surface area contributed by atoms with Gasteiger partial charge < -0.3 is 0 Å². The summed E-state index contributed by atoms with van der Waals surface area (Å²) in [6, 6.07) is 2.78. The molecule has 0 radical (unpaired) electrons. The Morgan fingerprint density at radius 1 is 1.32 bits per heavy atom. The summed E-state index contributed by atoms with van der Waals surface area (Å²) in [7, 11) is -4.41. The number of anilines is 1. The van der Waals surface area contributed by atoms with E-state index in [0.29, 0.717) is 5.16 Å². The Kier molecular flexibility index (Phi) is 3.71. The summed E-state index contributed by atoms with van der Waals surface area (Å²) in [6.07, 6.45) is 1.69. The number of hydrogen-bond donors (Lipinski definition) is 2. The number of hydrogen-bond acceptors (Lipinski definition) is 5. The minimum Gasteiger partial charge on any atom is -0.247 e. The van der Waals surface area contributed by atoms with Crippen molar-refractivity contribution in [2.45, 2.75) is 10.1 Å². The molecule has 0 spiro atoms. The molecule has 0 saturated carbocycles. The van der Waals surface area contributed by atoms with Crippen LogP contribution in [0.2, 0.25) is 0 Å². The molecule has 1 aromatic heterocycles. The fraction of sp³-hybridized carbons (Fsp3) is 0.111. The zero-order valence-corrected chi connectivity index (χ0v) is 11.1. The van der Waals surface area contributed by atoms with Gasteiger partial charge in [-0.3, -0.25) is 0 Å². The van der Waals surface area contributed by atoms with Gasteiger partial charge >= 0.3 is 0 Å². The van der Waals surface area contributed by atoms with Crippen LogP contribution >= 0.6 is 11.8 Å². The lowest BCUT2D eigenvalue weighted by molar-refractivity contribution is 0.521. The normalized spacial score (nSPS) is 11.5. The summed E-state index contributed by atoms with van der Waals surface area (Å²) in [5.74, 6) is -2.58. The fourth-order valence-electron chi connectivity index (χ4n) is 1.30. The molecule has 102 valence electrons. The van der Waals surface area contributed by atoms with Crippen molar-refractivity contribution in [2.24, 2.45) is 0 Å². The molecule has 6 nitrogen and oxygen atoms in total. The SMILES string of the molecule is CSc1n[nH]c(NS(=O)(=O)c2c(F)cccc2F)n1. The molecular formula is C9H8F2N4O2S2. The van der Waals surface area contributed by atoms with Crippen molar-refractivity contribution >= 4 is 27.7 Å². The number of nitrogens with one attached hydrogen (secondary N) is 2. The van der Waals surface area contributed by atoms with Crippen LogP contribution in [0.5, 0.6) is 0 Å². The largest absolute Gasteiger partial charge is 0.270 e. The molecular weight excluding hydrogens is 298 g/mol. The Hall–Kier alpha value is -1.68. The van der Waals surface area contributed by atoms with Crippen molar-refractivity contribution in [3.8, 4) is 0 Å². The lowest BCUT2D eigenvalue weighted by Gasteiger charge is -2.06. The number of rotatable bonds is 4. The van der Waals surface area contributed by atoms with Gasteiger partial charge in [0.1, 0.15) is 11.6 Å². The van der Waals surface area contributed by atoms with Crippen molar-refractivity contribution in [1.82, 2.24) is 15.2 Å². The standard InChI is InChI=1S/C9H8F2N4O2S2/c1-18-9-12-8(13-14-9)15-19(16,17)7-5(10)3-2-4-6(7)11/h2-4H,1H3,(H2,12,13,14,15). The Morgan fingerprint density at radius 3 is 2.47 bits per heavy atom. The van der Waals surface area contributed by atoms with Crippen LogP contribution in [-0.4, -0.2) is 29.9 Å². The van der Waals surface area contributed by atoms with Crippen LogP contribution in [-0.2, 0) is 10.0 Å². The predicted octanol–water partition coefficient (Wildman–Crippen LogP) is 1.61. The third kappa shape index (κ3) is 2.84. The van der Waals surface area contributed by atoms with Crippen molar-refractivity contribution < 1.29 is 17.2 Å². The van der Waals surface area contributed by atoms with E-state index in [1.807, 2.05) is 4.72 Å². The van der Waals surface area contributed by atoms with Crippen LogP contribution in [0.15, 0.2) is 28.3 Å². The molecule has 1 aromatic carbocycles. The molecule has 2 aromatic rings. The second-order valence-corrected chi connectivity index (χ2v) is 5.72. The molecule has 0 aliphatic carbocycles. The maximum atomic E-state index is 13.4. The van der Waals surface area contributed by atoms with E-state index in [4.69, 9.17) is 0 Å². The van der Waals surface area contributed by atoms with Crippen molar-refractivity contribution in [1.29, 1.82) is 0 Å². The lowest BCUT2D eigenvalue weighted by Crippen LogP contribution is -2.17. The number of aromatic amines is 1. The minimum atomic E-state index is -4.41. The lowest BCUT2D eigenvalue weighted by atomic mass is 10.3. The summed E-state index contributed by atoms with van der Waals surface area (Å²) < 4.78 is 52.5. The van der Waals surface area contributed by atoms with Crippen molar-refractivity contribution in [2.75, 3.05) is 11.0 Å². The van der Waals surface area contributed by atoms with Crippen molar-refractivity contribution in [3.63, 3.8) is 0 Å². The smallest absolute Gasteiger partial charge is 0.247 e. The molecule has 1 heterocycles. The van der Waals surface area contributed by atoms with Gasteiger partial charge in [0.2, 0.25) is 11.1 Å². The molecule has 0 amide bonds. The first-order valence-electron chi connectivity index (χ1n) is 4.87. The van der Waals surface area contributed by atoms with Gasteiger partial charge in [0.15, 0.2) is 4.90 Å². The van der Waals surface area contributed by atoms with Gasteiger partial charge in [-0.2, -0.15) is 4.98 Å². The van der Waals surface area contributed by atoms with Gasteiger partial charge in [0.25, 0.3) is 10.0 Å². The molecule has 0 aliphatic heterocycles. The highest BCUT2D eigenvalue weighted by Crippen LogP contribution is 2.20. The third-order valence-electron chi connectivity index (χ3n) is 2.07. The zero-order chi connectivity index (χ0) is 14.0. The second-order valence-electron chi connectivity index (χ2n) is 3.33. The van der Waals surface area contributed by atoms with Gasteiger partial charge in [-0.15, -0.1) is 5.10 Å². The highest BCUT2D eigenvalue weighted by atomic mass is 32.2. The summed E-state index contributed by atoms with van der Waals surface area (Å²) in [4.78, 5) is 2.70. The molecule has 0 aliphatic rings. The van der Waals surface area contributed by atoms with Crippen molar-refractivity contribution in [3.05, 3.63) is 29.8 Å². The van der Waals surface area contributed by atoms with Crippen LogP contribution < -0.4 is 4.72 Å². The van der Waals surface area contributed by atoms with E-state index < -0.39 is 26.6 Å². The maximum Gasteiger partial charge on any atom is 0.270 e. The Morgan fingerprint density at radius 2 is 1.95 bits per heavy atom. The Bertz CT molecular complexity index is 682. The van der Waals surface area contributed by atoms with Gasteiger partial charge in [-0.1, -0.05) is 17.8 Å². The Balaban J connectivity index is 2.38. The summed E-state index contributed by atoms with van der Waals surface area (Å²) in [6.45, 7) is 0. The maximum absolute atomic E-state index is 13.4. The van der Waals surface area contributed by atoms with E-state index in [2.05, 4.69) is 15.2 Å². The number of aromatic nitrogens is 3. The van der Waals surface area contributed by atoms with Gasteiger partial charge in [-0.25, -0.2) is 27.0 Å². The van der Waals surface area contributed by atoms with Gasteiger partial charge in [0, 0.05) is 0 Å². The van der Waals surface area contributed by atoms with E-state index in [-0.39, 0.29) is 5.95 Å². The van der Waals surface area contributed by atoms with Gasteiger partial charge in [0.05, 0.1) is 0 Å². The number of thioether (sulfide) groups is 1. The Labute approximate surface area is 111 Å². The van der Waals surface area contributed by atoms with E-state index in [1.165, 1.54) is 11.8 Å². The number of nitrogens with zero attached hydrogens (tertiary/aromatic N) is 2. The third-order valence-corrected chi connectivity index (χ3v) is 4.00. The van der Waals surface area contributed by atoms with E-state index in [0.717, 1.165) is 18.2 Å². The second kappa shape index (κ2) is 5.13. The number of H-pyrrole nitrogens is 1. The molecule has 0 saturated heterocycles. The van der Waals surface area contributed by atoms with Crippen LogP contribution in [0.1, 0.15) is 0 Å². The summed E-state index contributed by atoms with van der Waals surface area (Å²) >= 11 is 1.18. The predicted molar refractivity (Wildman–Crippen MR) is 65.3 cm³/mol. The first-order valence-corrected chi connectivity index (χ1v) is 7.58. The van der Waals surface area contributed by atoms with Crippen LogP contribution in [0.4, 0.5) is 14.7 Å².